The minimum Gasteiger partial charge on any atom is -0.370 e. The van der Waals surface area contributed by atoms with Crippen molar-refractivity contribution in [3.8, 4) is 6.07 Å². The Morgan fingerprint density at radius 3 is 2.52 bits per heavy atom. The standard InChI is InChI=1S/C19H23BrClN3O/c20-17-11-15(21)10-14(12-22)18(17)24-8-6-13(7-9-24)19(25)23-16-4-2-1-3-5-16/h10-11,13,16H,1-9H2,(H,23,25). The van der Waals surface area contributed by atoms with Crippen LogP contribution in [-0.4, -0.2) is 25.0 Å². The number of nitrogens with zero attached hydrogens (tertiary/aromatic N) is 2. The van der Waals surface area contributed by atoms with E-state index in [0.717, 1.165) is 48.9 Å². The number of rotatable bonds is 3. The molecular formula is C19H23BrClN3O. The lowest BCUT2D eigenvalue weighted by atomic mass is 9.92. The number of carbonyl (C=O) groups excluding carboxylic acids is 1. The SMILES string of the molecule is N#Cc1cc(Cl)cc(Br)c1N1CCC(C(=O)NC2CCCCC2)CC1. The highest BCUT2D eigenvalue weighted by molar-refractivity contribution is 9.10. The molecule has 1 heterocycles. The van der Waals surface area contributed by atoms with Gasteiger partial charge in [-0.05, 0) is 53.7 Å². The van der Waals surface area contributed by atoms with E-state index < -0.39 is 0 Å². The number of nitriles is 1. The molecule has 1 saturated carbocycles. The maximum Gasteiger partial charge on any atom is 0.223 e. The van der Waals surface area contributed by atoms with Crippen molar-refractivity contribution in [2.75, 3.05) is 18.0 Å². The van der Waals surface area contributed by atoms with E-state index >= 15 is 0 Å². The van der Waals surface area contributed by atoms with E-state index in [2.05, 4.69) is 32.2 Å². The Bertz CT molecular complexity index is 674. The summed E-state index contributed by atoms with van der Waals surface area (Å²) in [5.41, 5.74) is 1.46. The summed E-state index contributed by atoms with van der Waals surface area (Å²) in [6.45, 7) is 1.55. The minimum absolute atomic E-state index is 0.0785. The topological polar surface area (TPSA) is 56.1 Å². The molecule has 1 amide bonds. The van der Waals surface area contributed by atoms with Crippen LogP contribution < -0.4 is 10.2 Å². The van der Waals surface area contributed by atoms with Crippen LogP contribution in [0.5, 0.6) is 0 Å². The van der Waals surface area contributed by atoms with E-state index in [1.807, 2.05) is 6.07 Å². The van der Waals surface area contributed by atoms with E-state index in [4.69, 9.17) is 11.6 Å². The largest absolute Gasteiger partial charge is 0.370 e. The Balaban J connectivity index is 1.60. The van der Waals surface area contributed by atoms with Gasteiger partial charge in [0.25, 0.3) is 0 Å². The Morgan fingerprint density at radius 2 is 1.88 bits per heavy atom. The summed E-state index contributed by atoms with van der Waals surface area (Å²) in [5, 5.41) is 13.2. The average molecular weight is 425 g/mol. The molecule has 25 heavy (non-hydrogen) atoms. The smallest absolute Gasteiger partial charge is 0.223 e. The van der Waals surface area contributed by atoms with Crippen molar-refractivity contribution in [1.29, 1.82) is 5.26 Å². The average Bonchev–Trinajstić information content (AvgIpc) is 2.62. The summed E-state index contributed by atoms with van der Waals surface area (Å²) in [4.78, 5) is 14.7. The molecule has 134 valence electrons. The van der Waals surface area contributed by atoms with Crippen LogP contribution in [0.3, 0.4) is 0 Å². The highest BCUT2D eigenvalue weighted by Gasteiger charge is 2.28. The number of nitrogens with one attached hydrogen (secondary N) is 1. The van der Waals surface area contributed by atoms with Crippen molar-refractivity contribution in [3.05, 3.63) is 27.2 Å². The van der Waals surface area contributed by atoms with E-state index in [0.29, 0.717) is 16.6 Å². The molecule has 0 spiro atoms. The number of benzene rings is 1. The predicted octanol–water partition coefficient (Wildman–Crippen LogP) is 4.64. The van der Waals surface area contributed by atoms with Crippen LogP contribution in [0.25, 0.3) is 0 Å². The molecule has 1 N–H and O–H groups in total. The van der Waals surface area contributed by atoms with Gasteiger partial charge < -0.3 is 10.2 Å². The third-order valence-corrected chi connectivity index (χ3v) is 6.10. The predicted molar refractivity (Wildman–Crippen MR) is 104 cm³/mol. The van der Waals surface area contributed by atoms with Gasteiger partial charge in [0.15, 0.2) is 0 Å². The molecule has 6 heteroatoms. The van der Waals surface area contributed by atoms with Crippen LogP contribution in [0.2, 0.25) is 5.02 Å². The number of hydrogen-bond donors (Lipinski definition) is 1. The van der Waals surface area contributed by atoms with Gasteiger partial charge in [-0.3, -0.25) is 4.79 Å². The highest BCUT2D eigenvalue weighted by Crippen LogP contribution is 2.35. The van der Waals surface area contributed by atoms with E-state index in [-0.39, 0.29) is 11.8 Å². The third-order valence-electron chi connectivity index (χ3n) is 5.28. The Hall–Kier alpha value is -1.25. The number of amides is 1. The third kappa shape index (κ3) is 4.48. The number of piperidine rings is 1. The summed E-state index contributed by atoms with van der Waals surface area (Å²) in [6, 6.07) is 6.11. The lowest BCUT2D eigenvalue weighted by molar-refractivity contribution is -0.126. The molecule has 2 fully saturated rings. The molecule has 0 atom stereocenters. The van der Waals surface area contributed by atoms with Gasteiger partial charge in [-0.2, -0.15) is 5.26 Å². The number of hydrogen-bond acceptors (Lipinski definition) is 3. The zero-order chi connectivity index (χ0) is 17.8. The molecule has 3 rings (SSSR count). The van der Waals surface area contributed by atoms with Gasteiger partial charge in [-0.25, -0.2) is 0 Å². The molecule has 0 aromatic heterocycles. The fourth-order valence-electron chi connectivity index (χ4n) is 3.90. The van der Waals surface area contributed by atoms with Gasteiger partial charge in [-0.15, -0.1) is 0 Å². The summed E-state index contributed by atoms with van der Waals surface area (Å²) in [7, 11) is 0. The summed E-state index contributed by atoms with van der Waals surface area (Å²) >= 11 is 9.57. The van der Waals surface area contributed by atoms with E-state index in [1.165, 1.54) is 19.3 Å². The van der Waals surface area contributed by atoms with Gasteiger partial charge in [0, 0.05) is 34.5 Å². The lowest BCUT2D eigenvalue weighted by Crippen LogP contribution is -2.44. The van der Waals surface area contributed by atoms with Crippen LogP contribution in [0.15, 0.2) is 16.6 Å². The molecule has 1 aliphatic carbocycles. The van der Waals surface area contributed by atoms with Crippen LogP contribution in [0.4, 0.5) is 5.69 Å². The minimum atomic E-state index is 0.0785. The first-order valence-electron chi connectivity index (χ1n) is 9.03. The van der Waals surface area contributed by atoms with Crippen molar-refractivity contribution in [2.24, 2.45) is 5.92 Å². The van der Waals surface area contributed by atoms with Crippen LogP contribution in [-0.2, 0) is 4.79 Å². The zero-order valence-corrected chi connectivity index (χ0v) is 16.6. The molecule has 0 radical (unpaired) electrons. The van der Waals surface area contributed by atoms with Crippen molar-refractivity contribution in [1.82, 2.24) is 5.32 Å². The molecule has 4 nitrogen and oxygen atoms in total. The van der Waals surface area contributed by atoms with E-state index in [1.54, 1.807) is 6.07 Å². The molecule has 0 bridgehead atoms. The molecule has 1 aromatic rings. The maximum atomic E-state index is 12.5. The monoisotopic (exact) mass is 423 g/mol. The molecule has 1 saturated heterocycles. The van der Waals surface area contributed by atoms with Crippen molar-refractivity contribution in [2.45, 2.75) is 51.0 Å². The van der Waals surface area contributed by atoms with Crippen LogP contribution >= 0.6 is 27.5 Å². The van der Waals surface area contributed by atoms with Gasteiger partial charge in [0.1, 0.15) is 6.07 Å². The molecule has 2 aliphatic rings. The van der Waals surface area contributed by atoms with Gasteiger partial charge >= 0.3 is 0 Å². The highest BCUT2D eigenvalue weighted by atomic mass is 79.9. The second-order valence-corrected chi connectivity index (χ2v) is 8.29. The summed E-state index contributed by atoms with van der Waals surface area (Å²) < 4.78 is 0.835. The maximum absolute atomic E-state index is 12.5. The van der Waals surface area contributed by atoms with Crippen molar-refractivity contribution in [3.63, 3.8) is 0 Å². The van der Waals surface area contributed by atoms with E-state index in [9.17, 15) is 10.1 Å². The Morgan fingerprint density at radius 1 is 1.20 bits per heavy atom. The Labute approximate surface area is 162 Å². The number of halogens is 2. The van der Waals surface area contributed by atoms with Gasteiger partial charge in [-0.1, -0.05) is 30.9 Å². The quantitative estimate of drug-likeness (QED) is 0.769. The summed E-state index contributed by atoms with van der Waals surface area (Å²) in [6.07, 6.45) is 7.62. The normalized spacial score (nSPS) is 19.5. The first kappa shape index (κ1) is 18.5. The van der Waals surface area contributed by atoms with Crippen LogP contribution in [0, 0.1) is 17.2 Å². The zero-order valence-electron chi connectivity index (χ0n) is 14.2. The number of anilines is 1. The lowest BCUT2D eigenvalue weighted by Gasteiger charge is -2.35. The first-order chi connectivity index (χ1) is 12.1. The van der Waals surface area contributed by atoms with Gasteiger partial charge in [0.2, 0.25) is 5.91 Å². The van der Waals surface area contributed by atoms with Gasteiger partial charge in [0.05, 0.1) is 11.3 Å². The Kier molecular flexibility index (Phi) is 6.24. The van der Waals surface area contributed by atoms with Crippen molar-refractivity contribution < 1.29 is 4.79 Å². The van der Waals surface area contributed by atoms with Crippen molar-refractivity contribution >= 4 is 39.1 Å². The first-order valence-corrected chi connectivity index (χ1v) is 10.2. The molecule has 0 unspecified atom stereocenters. The summed E-state index contributed by atoms with van der Waals surface area (Å²) in [5.74, 6) is 0.289. The van der Waals surface area contributed by atoms with Crippen LogP contribution in [0.1, 0.15) is 50.5 Å². The molecule has 1 aliphatic heterocycles. The molecule has 1 aromatic carbocycles. The fraction of sp³-hybridized carbons (Fsp3) is 0.579. The second-order valence-electron chi connectivity index (χ2n) is 7.00. The second kappa shape index (κ2) is 8.42. The molecular weight excluding hydrogens is 402 g/mol. The fourth-order valence-corrected chi connectivity index (χ4v) is 4.96. The number of carbonyl (C=O) groups is 1.